The molecule has 0 N–H and O–H groups in total. The number of nitrogens with zero attached hydrogens (tertiary/aromatic N) is 1. The van der Waals surface area contributed by atoms with Crippen LogP contribution < -0.4 is 9.47 Å². The van der Waals surface area contributed by atoms with E-state index in [1.54, 1.807) is 12.1 Å². The molecular formula is C15H11Cl2NO5. The van der Waals surface area contributed by atoms with Crippen LogP contribution in [0.4, 0.5) is 5.69 Å². The molecule has 23 heavy (non-hydrogen) atoms. The highest BCUT2D eigenvalue weighted by Gasteiger charge is 2.13. The summed E-state index contributed by atoms with van der Waals surface area (Å²) in [5.74, 6) is 0.330. The van der Waals surface area contributed by atoms with Crippen LogP contribution in [-0.4, -0.2) is 24.4 Å². The van der Waals surface area contributed by atoms with E-state index in [2.05, 4.69) is 0 Å². The molecule has 0 aliphatic heterocycles. The second-order valence-electron chi connectivity index (χ2n) is 4.43. The SMILES string of the molecule is COc1ccc(C(=O)COc2ccc([N+](=O)[O-])cc2Cl)cc1Cl. The Labute approximate surface area is 141 Å². The monoisotopic (exact) mass is 355 g/mol. The maximum atomic E-state index is 12.1. The third-order valence-corrected chi connectivity index (χ3v) is 3.55. The predicted octanol–water partition coefficient (Wildman–Crippen LogP) is 4.17. The summed E-state index contributed by atoms with van der Waals surface area (Å²) in [6, 6.07) is 8.36. The van der Waals surface area contributed by atoms with Crippen molar-refractivity contribution in [3.05, 3.63) is 62.1 Å². The average molecular weight is 356 g/mol. The number of hydrogen-bond donors (Lipinski definition) is 0. The molecule has 0 amide bonds. The minimum Gasteiger partial charge on any atom is -0.495 e. The number of halogens is 2. The molecule has 8 heteroatoms. The molecule has 0 atom stereocenters. The maximum absolute atomic E-state index is 12.1. The lowest BCUT2D eigenvalue weighted by Crippen LogP contribution is -2.12. The predicted molar refractivity (Wildman–Crippen MR) is 85.9 cm³/mol. The molecule has 0 radical (unpaired) electrons. The van der Waals surface area contributed by atoms with E-state index in [1.807, 2.05) is 0 Å². The summed E-state index contributed by atoms with van der Waals surface area (Å²) in [5, 5.41) is 11.0. The number of methoxy groups -OCH3 is 1. The van der Waals surface area contributed by atoms with Gasteiger partial charge in [0.25, 0.3) is 5.69 Å². The number of carbonyl (C=O) groups is 1. The Bertz CT molecular complexity index is 764. The van der Waals surface area contributed by atoms with Gasteiger partial charge in [-0.05, 0) is 24.3 Å². The molecule has 0 spiro atoms. The average Bonchev–Trinajstić information content (AvgIpc) is 2.53. The molecule has 2 rings (SSSR count). The lowest BCUT2D eigenvalue weighted by Gasteiger charge is -2.08. The van der Waals surface area contributed by atoms with E-state index in [4.69, 9.17) is 32.7 Å². The lowest BCUT2D eigenvalue weighted by molar-refractivity contribution is -0.384. The van der Waals surface area contributed by atoms with E-state index in [9.17, 15) is 14.9 Å². The maximum Gasteiger partial charge on any atom is 0.271 e. The van der Waals surface area contributed by atoms with Crippen LogP contribution in [0.2, 0.25) is 10.0 Å². The van der Waals surface area contributed by atoms with Crippen LogP contribution >= 0.6 is 23.2 Å². The zero-order valence-electron chi connectivity index (χ0n) is 11.9. The summed E-state index contributed by atoms with van der Waals surface area (Å²) in [4.78, 5) is 22.1. The Kier molecular flexibility index (Phi) is 5.41. The summed E-state index contributed by atoms with van der Waals surface area (Å²) >= 11 is 11.8. The van der Waals surface area contributed by atoms with Crippen molar-refractivity contribution in [3.63, 3.8) is 0 Å². The van der Waals surface area contributed by atoms with Crippen LogP contribution in [0.25, 0.3) is 0 Å². The number of non-ortho nitro benzene ring substituents is 1. The quantitative estimate of drug-likeness (QED) is 0.441. The molecular weight excluding hydrogens is 345 g/mol. The highest BCUT2D eigenvalue weighted by molar-refractivity contribution is 6.32. The standard InChI is InChI=1S/C15H11Cl2NO5/c1-22-14-4-2-9(6-11(14)16)13(19)8-23-15-5-3-10(18(20)21)7-12(15)17/h2-7H,8H2,1H3. The molecule has 0 fully saturated rings. The highest BCUT2D eigenvalue weighted by atomic mass is 35.5. The first kappa shape index (κ1) is 17.1. The summed E-state index contributed by atoms with van der Waals surface area (Å²) in [6.07, 6.45) is 0. The number of nitro groups is 1. The van der Waals surface area contributed by atoms with Gasteiger partial charge in [-0.2, -0.15) is 0 Å². The van der Waals surface area contributed by atoms with E-state index in [-0.39, 0.29) is 28.8 Å². The second kappa shape index (κ2) is 7.30. The van der Waals surface area contributed by atoms with Crippen molar-refractivity contribution >= 4 is 34.7 Å². The van der Waals surface area contributed by atoms with Crippen molar-refractivity contribution in [1.29, 1.82) is 0 Å². The third kappa shape index (κ3) is 4.12. The van der Waals surface area contributed by atoms with Gasteiger partial charge in [0.05, 0.1) is 22.1 Å². The molecule has 0 saturated heterocycles. The van der Waals surface area contributed by atoms with Gasteiger partial charge >= 0.3 is 0 Å². The Morgan fingerprint density at radius 3 is 2.35 bits per heavy atom. The summed E-state index contributed by atoms with van der Waals surface area (Å²) < 4.78 is 10.3. The first-order chi connectivity index (χ1) is 10.9. The van der Waals surface area contributed by atoms with Gasteiger partial charge in [0.1, 0.15) is 11.5 Å². The molecule has 0 saturated carbocycles. The van der Waals surface area contributed by atoms with Gasteiger partial charge in [-0.25, -0.2) is 0 Å². The number of benzene rings is 2. The van der Waals surface area contributed by atoms with Crippen molar-refractivity contribution in [2.24, 2.45) is 0 Å². The Hall–Kier alpha value is -2.31. The molecule has 6 nitrogen and oxygen atoms in total. The third-order valence-electron chi connectivity index (χ3n) is 2.96. The highest BCUT2D eigenvalue weighted by Crippen LogP contribution is 2.29. The number of Topliss-reactive ketones (excluding diaryl/α,β-unsaturated/α-hetero) is 1. The summed E-state index contributed by atoms with van der Waals surface area (Å²) in [6.45, 7) is -0.278. The number of ketones is 1. The van der Waals surface area contributed by atoms with E-state index in [1.165, 1.54) is 25.3 Å². The van der Waals surface area contributed by atoms with Crippen molar-refractivity contribution in [2.45, 2.75) is 0 Å². The van der Waals surface area contributed by atoms with Gasteiger partial charge in [-0.15, -0.1) is 0 Å². The number of nitro benzene ring substituents is 1. The van der Waals surface area contributed by atoms with Crippen molar-refractivity contribution in [3.8, 4) is 11.5 Å². The molecule has 0 aliphatic carbocycles. The lowest BCUT2D eigenvalue weighted by atomic mass is 10.1. The second-order valence-corrected chi connectivity index (χ2v) is 5.25. The van der Waals surface area contributed by atoms with E-state index in [0.29, 0.717) is 16.3 Å². The molecule has 0 bridgehead atoms. The summed E-state index contributed by atoms with van der Waals surface area (Å²) in [5.41, 5.74) is 0.199. The Morgan fingerprint density at radius 2 is 1.78 bits per heavy atom. The molecule has 2 aromatic carbocycles. The first-order valence-corrected chi connectivity index (χ1v) is 7.11. The number of carbonyl (C=O) groups excluding carboxylic acids is 1. The molecule has 120 valence electrons. The number of hydrogen-bond acceptors (Lipinski definition) is 5. The first-order valence-electron chi connectivity index (χ1n) is 6.36. The molecule has 0 aromatic heterocycles. The number of rotatable bonds is 6. The minimum atomic E-state index is -0.569. The van der Waals surface area contributed by atoms with Crippen molar-refractivity contribution < 1.29 is 19.2 Å². The van der Waals surface area contributed by atoms with Crippen LogP contribution in [0, 0.1) is 10.1 Å². The Balaban J connectivity index is 2.07. The summed E-state index contributed by atoms with van der Waals surface area (Å²) in [7, 11) is 1.47. The molecule has 0 aliphatic rings. The zero-order valence-corrected chi connectivity index (χ0v) is 13.4. The minimum absolute atomic E-state index is 0.0553. The molecule has 2 aromatic rings. The van der Waals surface area contributed by atoms with Gasteiger partial charge in [-0.1, -0.05) is 23.2 Å². The Morgan fingerprint density at radius 1 is 1.13 bits per heavy atom. The van der Waals surface area contributed by atoms with Crippen LogP contribution in [0.5, 0.6) is 11.5 Å². The van der Waals surface area contributed by atoms with E-state index >= 15 is 0 Å². The fourth-order valence-electron chi connectivity index (χ4n) is 1.79. The smallest absolute Gasteiger partial charge is 0.271 e. The number of ether oxygens (including phenoxy) is 2. The van der Waals surface area contributed by atoms with Gasteiger partial charge in [0.15, 0.2) is 12.4 Å². The van der Waals surface area contributed by atoms with Gasteiger partial charge in [0, 0.05) is 17.7 Å². The van der Waals surface area contributed by atoms with Gasteiger partial charge < -0.3 is 9.47 Å². The fourth-order valence-corrected chi connectivity index (χ4v) is 2.27. The van der Waals surface area contributed by atoms with Crippen LogP contribution in [0.3, 0.4) is 0 Å². The molecule has 0 heterocycles. The fraction of sp³-hybridized carbons (Fsp3) is 0.133. The zero-order chi connectivity index (χ0) is 17.0. The van der Waals surface area contributed by atoms with Crippen molar-refractivity contribution in [1.82, 2.24) is 0 Å². The topological polar surface area (TPSA) is 78.7 Å². The largest absolute Gasteiger partial charge is 0.495 e. The van der Waals surface area contributed by atoms with Gasteiger partial charge in [0.2, 0.25) is 0 Å². The van der Waals surface area contributed by atoms with E-state index < -0.39 is 4.92 Å². The van der Waals surface area contributed by atoms with Crippen LogP contribution in [0.15, 0.2) is 36.4 Å². The molecule has 0 unspecified atom stereocenters. The van der Waals surface area contributed by atoms with Crippen LogP contribution in [-0.2, 0) is 0 Å². The normalized spacial score (nSPS) is 10.2. The van der Waals surface area contributed by atoms with Crippen molar-refractivity contribution in [2.75, 3.05) is 13.7 Å². The van der Waals surface area contributed by atoms with Gasteiger partial charge in [-0.3, -0.25) is 14.9 Å². The van der Waals surface area contributed by atoms with E-state index in [0.717, 1.165) is 6.07 Å². The van der Waals surface area contributed by atoms with Crippen LogP contribution in [0.1, 0.15) is 10.4 Å².